The van der Waals surface area contributed by atoms with Crippen molar-refractivity contribution in [2.24, 2.45) is 11.8 Å². The zero-order valence-corrected chi connectivity index (χ0v) is 8.80. The van der Waals surface area contributed by atoms with Gasteiger partial charge in [0.1, 0.15) is 0 Å². The maximum atomic E-state index is 8.85. The van der Waals surface area contributed by atoms with Crippen LogP contribution in [0.3, 0.4) is 0 Å². The number of aliphatic hydroxyl groups excluding tert-OH is 1. The van der Waals surface area contributed by atoms with E-state index in [0.717, 1.165) is 12.8 Å². The van der Waals surface area contributed by atoms with Crippen LogP contribution < -0.4 is 0 Å². The zero-order chi connectivity index (χ0) is 9.56. The summed E-state index contributed by atoms with van der Waals surface area (Å²) >= 11 is 0. The molecule has 0 rings (SSSR count). The molecule has 0 fully saturated rings. The third-order valence-electron chi connectivity index (χ3n) is 2.04. The Balaban J connectivity index is 3.59. The lowest BCUT2D eigenvalue weighted by Crippen LogP contribution is -2.06. The Morgan fingerprint density at radius 1 is 1.25 bits per heavy atom. The van der Waals surface area contributed by atoms with Gasteiger partial charge in [0.05, 0.1) is 0 Å². The number of rotatable bonds is 5. The Morgan fingerprint density at radius 2 is 1.83 bits per heavy atom. The summed E-state index contributed by atoms with van der Waals surface area (Å²) in [5, 5.41) is 8.85. The minimum atomic E-state index is 0.319. The van der Waals surface area contributed by atoms with Crippen molar-refractivity contribution in [1.82, 2.24) is 0 Å². The Labute approximate surface area is 76.5 Å². The van der Waals surface area contributed by atoms with Crippen LogP contribution in [-0.2, 0) is 0 Å². The van der Waals surface area contributed by atoms with Gasteiger partial charge in [0, 0.05) is 6.61 Å². The highest BCUT2D eigenvalue weighted by Crippen LogP contribution is 2.15. The number of hydrogen-bond donors (Lipinski definition) is 1. The third-order valence-corrected chi connectivity index (χ3v) is 2.04. The van der Waals surface area contributed by atoms with Gasteiger partial charge in [-0.15, -0.1) is 0 Å². The number of hydrogen-bond acceptors (Lipinski definition) is 1. The topological polar surface area (TPSA) is 20.2 Å². The molecule has 0 amide bonds. The second kappa shape index (κ2) is 6.24. The van der Waals surface area contributed by atoms with Crippen molar-refractivity contribution in [3.63, 3.8) is 0 Å². The van der Waals surface area contributed by atoms with E-state index in [1.807, 2.05) is 0 Å². The summed E-state index contributed by atoms with van der Waals surface area (Å²) in [5.41, 5.74) is 1.39. The largest absolute Gasteiger partial charge is 0.396 e. The second-order valence-electron chi connectivity index (χ2n) is 4.15. The van der Waals surface area contributed by atoms with Crippen molar-refractivity contribution in [3.8, 4) is 0 Å². The van der Waals surface area contributed by atoms with Crippen molar-refractivity contribution in [3.05, 3.63) is 11.6 Å². The van der Waals surface area contributed by atoms with Crippen molar-refractivity contribution in [1.29, 1.82) is 0 Å². The van der Waals surface area contributed by atoms with Crippen LogP contribution in [0.15, 0.2) is 11.6 Å². The van der Waals surface area contributed by atoms with Gasteiger partial charge in [-0.25, -0.2) is 0 Å². The second-order valence-corrected chi connectivity index (χ2v) is 4.15. The maximum absolute atomic E-state index is 8.85. The molecule has 72 valence electrons. The van der Waals surface area contributed by atoms with Crippen molar-refractivity contribution >= 4 is 0 Å². The van der Waals surface area contributed by atoms with E-state index in [9.17, 15) is 0 Å². The molecule has 0 saturated carbocycles. The van der Waals surface area contributed by atoms with E-state index in [0.29, 0.717) is 18.4 Å². The molecule has 0 aromatic rings. The van der Waals surface area contributed by atoms with Gasteiger partial charge in [0.2, 0.25) is 0 Å². The van der Waals surface area contributed by atoms with Gasteiger partial charge in [0.25, 0.3) is 0 Å². The molecule has 0 saturated heterocycles. The van der Waals surface area contributed by atoms with Crippen LogP contribution in [0.5, 0.6) is 0 Å². The molecule has 0 aromatic carbocycles. The van der Waals surface area contributed by atoms with E-state index in [1.54, 1.807) is 0 Å². The molecule has 1 N–H and O–H groups in total. The minimum Gasteiger partial charge on any atom is -0.396 e. The van der Waals surface area contributed by atoms with E-state index in [4.69, 9.17) is 5.11 Å². The van der Waals surface area contributed by atoms with Crippen LogP contribution in [0.2, 0.25) is 0 Å². The van der Waals surface area contributed by atoms with Crippen LogP contribution in [-0.4, -0.2) is 11.7 Å². The average molecular weight is 170 g/mol. The van der Waals surface area contributed by atoms with Gasteiger partial charge in [0.15, 0.2) is 0 Å². The molecule has 0 aliphatic heterocycles. The van der Waals surface area contributed by atoms with E-state index >= 15 is 0 Å². The van der Waals surface area contributed by atoms with Gasteiger partial charge in [-0.05, 0) is 38.5 Å². The van der Waals surface area contributed by atoms with Gasteiger partial charge in [-0.3, -0.25) is 0 Å². The molecule has 1 nitrogen and oxygen atoms in total. The smallest absolute Gasteiger partial charge is 0.0456 e. The Hall–Kier alpha value is -0.300. The maximum Gasteiger partial charge on any atom is 0.0456 e. The van der Waals surface area contributed by atoms with Crippen LogP contribution in [0.1, 0.15) is 40.5 Å². The number of aliphatic hydroxyl groups is 1. The fourth-order valence-corrected chi connectivity index (χ4v) is 1.29. The molecule has 0 unspecified atom stereocenters. The fraction of sp³-hybridized carbons (Fsp3) is 0.818. The van der Waals surface area contributed by atoms with Gasteiger partial charge < -0.3 is 5.11 Å². The van der Waals surface area contributed by atoms with Gasteiger partial charge in [-0.2, -0.15) is 0 Å². The molecule has 12 heavy (non-hydrogen) atoms. The first kappa shape index (κ1) is 11.7. The first-order valence-corrected chi connectivity index (χ1v) is 4.80. The summed E-state index contributed by atoms with van der Waals surface area (Å²) in [7, 11) is 0. The van der Waals surface area contributed by atoms with Gasteiger partial charge in [-0.1, -0.05) is 25.5 Å². The number of allylic oxidation sites excluding steroid dienone is 2. The molecule has 0 radical (unpaired) electrons. The average Bonchev–Trinajstić information content (AvgIpc) is 2.00. The van der Waals surface area contributed by atoms with E-state index in [-0.39, 0.29) is 0 Å². The summed E-state index contributed by atoms with van der Waals surface area (Å²) in [4.78, 5) is 0. The fourth-order valence-electron chi connectivity index (χ4n) is 1.29. The molecule has 0 spiro atoms. The van der Waals surface area contributed by atoms with Crippen LogP contribution in [0, 0.1) is 11.8 Å². The van der Waals surface area contributed by atoms with Gasteiger partial charge >= 0.3 is 0 Å². The summed E-state index contributed by atoms with van der Waals surface area (Å²) in [6.45, 7) is 8.91. The van der Waals surface area contributed by atoms with E-state index in [2.05, 4.69) is 33.8 Å². The summed E-state index contributed by atoms with van der Waals surface area (Å²) in [6, 6.07) is 0. The van der Waals surface area contributed by atoms with Crippen molar-refractivity contribution < 1.29 is 5.11 Å². The monoisotopic (exact) mass is 170 g/mol. The molecule has 2 atom stereocenters. The molecular weight excluding hydrogens is 148 g/mol. The predicted molar refractivity (Wildman–Crippen MR) is 54.1 cm³/mol. The minimum absolute atomic E-state index is 0.319. The summed E-state index contributed by atoms with van der Waals surface area (Å²) < 4.78 is 0. The highest BCUT2D eigenvalue weighted by atomic mass is 16.3. The summed E-state index contributed by atoms with van der Waals surface area (Å²) in [6.07, 6.45) is 4.54. The SMILES string of the molecule is CC(C)=CC[C@@H](C)C[C@H](C)CO. The standard InChI is InChI=1S/C11H22O/c1-9(2)5-6-10(3)7-11(4)8-12/h5,10-12H,6-8H2,1-4H3/t10-,11+/m1/s1. The third kappa shape index (κ3) is 6.41. The molecule has 0 aliphatic rings. The highest BCUT2D eigenvalue weighted by Gasteiger charge is 2.05. The van der Waals surface area contributed by atoms with E-state index < -0.39 is 0 Å². The van der Waals surface area contributed by atoms with Crippen LogP contribution >= 0.6 is 0 Å². The van der Waals surface area contributed by atoms with Crippen LogP contribution in [0.4, 0.5) is 0 Å². The quantitative estimate of drug-likeness (QED) is 0.629. The molecule has 0 bridgehead atoms. The molecule has 1 heteroatoms. The van der Waals surface area contributed by atoms with Crippen molar-refractivity contribution in [2.75, 3.05) is 6.61 Å². The lowest BCUT2D eigenvalue weighted by Gasteiger charge is -2.13. The Morgan fingerprint density at radius 3 is 2.25 bits per heavy atom. The predicted octanol–water partition coefficient (Wildman–Crippen LogP) is 3.00. The Bertz CT molecular complexity index is 134. The highest BCUT2D eigenvalue weighted by molar-refractivity contribution is 4.93. The Kier molecular flexibility index (Phi) is 6.09. The van der Waals surface area contributed by atoms with Crippen molar-refractivity contribution in [2.45, 2.75) is 40.5 Å². The molecular formula is C11H22O. The normalized spacial score (nSPS) is 15.4. The lowest BCUT2D eigenvalue weighted by molar-refractivity contribution is 0.215. The van der Waals surface area contributed by atoms with Crippen LogP contribution in [0.25, 0.3) is 0 Å². The lowest BCUT2D eigenvalue weighted by atomic mass is 9.95. The summed E-state index contributed by atoms with van der Waals surface area (Å²) in [5.74, 6) is 1.15. The molecule has 0 heterocycles. The van der Waals surface area contributed by atoms with E-state index in [1.165, 1.54) is 5.57 Å². The molecule has 0 aliphatic carbocycles. The first-order chi connectivity index (χ1) is 5.56. The first-order valence-electron chi connectivity index (χ1n) is 4.80. The zero-order valence-electron chi connectivity index (χ0n) is 8.80. The molecule has 0 aromatic heterocycles.